The van der Waals surface area contributed by atoms with Crippen LogP contribution in [-0.2, 0) is 14.3 Å². The maximum atomic E-state index is 10.1. The van der Waals surface area contributed by atoms with Crippen molar-refractivity contribution in [1.29, 1.82) is 0 Å². The van der Waals surface area contributed by atoms with E-state index in [0.717, 1.165) is 6.08 Å². The quantitative estimate of drug-likeness (QED) is 0.298. The SMILES string of the molecule is [CH]=CC(=O)OCOC. The van der Waals surface area contributed by atoms with E-state index in [0.29, 0.717) is 0 Å². The summed E-state index contributed by atoms with van der Waals surface area (Å²) in [6, 6.07) is 0. The first kappa shape index (κ1) is 7.17. The predicted molar refractivity (Wildman–Crippen MR) is 26.8 cm³/mol. The molecule has 0 rings (SSSR count). The molecule has 3 heteroatoms. The predicted octanol–water partition coefficient (Wildman–Crippen LogP) is 0.123. The molecule has 1 radical (unpaired) electrons. The van der Waals surface area contributed by atoms with E-state index >= 15 is 0 Å². The van der Waals surface area contributed by atoms with E-state index < -0.39 is 5.97 Å². The van der Waals surface area contributed by atoms with E-state index in [4.69, 9.17) is 6.58 Å². The van der Waals surface area contributed by atoms with Crippen molar-refractivity contribution in [3.8, 4) is 0 Å². The van der Waals surface area contributed by atoms with Crippen LogP contribution in [-0.4, -0.2) is 19.9 Å². The molecule has 0 saturated heterocycles. The Balaban J connectivity index is 3.11. The second kappa shape index (κ2) is 4.33. The number of carbonyl (C=O) groups is 1. The molecule has 0 spiro atoms. The highest BCUT2D eigenvalue weighted by Gasteiger charge is 1.89. The van der Waals surface area contributed by atoms with Crippen molar-refractivity contribution in [3.63, 3.8) is 0 Å². The second-order valence-electron chi connectivity index (χ2n) is 1.04. The highest BCUT2D eigenvalue weighted by molar-refractivity contribution is 5.80. The van der Waals surface area contributed by atoms with Crippen LogP contribution in [0.15, 0.2) is 6.08 Å². The van der Waals surface area contributed by atoms with Crippen molar-refractivity contribution in [3.05, 3.63) is 12.7 Å². The molecule has 0 N–H and O–H groups in total. The Hall–Kier alpha value is -0.830. The van der Waals surface area contributed by atoms with Gasteiger partial charge in [0.1, 0.15) is 0 Å². The van der Waals surface area contributed by atoms with E-state index in [2.05, 4.69) is 9.47 Å². The maximum Gasteiger partial charge on any atom is 0.332 e. The average Bonchev–Trinajstić information content (AvgIpc) is 1.83. The summed E-state index contributed by atoms with van der Waals surface area (Å²) >= 11 is 0. The molecular weight excluding hydrogens is 108 g/mol. The van der Waals surface area contributed by atoms with Crippen molar-refractivity contribution in [2.24, 2.45) is 0 Å². The number of hydrogen-bond donors (Lipinski definition) is 0. The molecule has 45 valence electrons. The minimum atomic E-state index is -0.577. The topological polar surface area (TPSA) is 35.5 Å². The molecule has 0 atom stereocenters. The third kappa shape index (κ3) is 3.36. The Morgan fingerprint density at radius 3 is 2.88 bits per heavy atom. The van der Waals surface area contributed by atoms with Gasteiger partial charge in [0.05, 0.1) is 0 Å². The highest BCUT2D eigenvalue weighted by Crippen LogP contribution is 1.76. The lowest BCUT2D eigenvalue weighted by atomic mass is 10.7. The molecule has 0 fully saturated rings. The summed E-state index contributed by atoms with van der Waals surface area (Å²) in [5.74, 6) is -0.577. The molecule has 0 heterocycles. The van der Waals surface area contributed by atoms with Crippen LogP contribution in [0.4, 0.5) is 0 Å². The van der Waals surface area contributed by atoms with Crippen molar-refractivity contribution in [2.45, 2.75) is 0 Å². The molecule has 0 aromatic rings. The summed E-state index contributed by atoms with van der Waals surface area (Å²) in [5, 5.41) is 0. The molecule has 0 amide bonds. The minimum Gasteiger partial charge on any atom is -0.435 e. The zero-order chi connectivity index (χ0) is 6.41. The zero-order valence-corrected chi connectivity index (χ0v) is 4.59. The summed E-state index contributed by atoms with van der Waals surface area (Å²) in [5.41, 5.74) is 0. The Bertz CT molecular complexity index is 87.7. The first-order chi connectivity index (χ1) is 3.81. The van der Waals surface area contributed by atoms with Gasteiger partial charge in [-0.05, 0) is 0 Å². The summed E-state index contributed by atoms with van der Waals surface area (Å²) in [6.07, 6.45) is 0.832. The van der Waals surface area contributed by atoms with Crippen LogP contribution in [0.5, 0.6) is 0 Å². The van der Waals surface area contributed by atoms with E-state index in [-0.39, 0.29) is 6.79 Å². The molecule has 8 heavy (non-hydrogen) atoms. The Labute approximate surface area is 47.9 Å². The van der Waals surface area contributed by atoms with Crippen LogP contribution in [0.1, 0.15) is 0 Å². The van der Waals surface area contributed by atoms with Gasteiger partial charge in [-0.25, -0.2) is 4.79 Å². The van der Waals surface area contributed by atoms with Crippen LogP contribution < -0.4 is 0 Å². The van der Waals surface area contributed by atoms with Gasteiger partial charge in [0.15, 0.2) is 6.79 Å². The third-order valence-corrected chi connectivity index (χ3v) is 0.455. The van der Waals surface area contributed by atoms with Gasteiger partial charge in [0.25, 0.3) is 0 Å². The normalized spacial score (nSPS) is 8.12. The van der Waals surface area contributed by atoms with Gasteiger partial charge >= 0.3 is 5.97 Å². The third-order valence-electron chi connectivity index (χ3n) is 0.455. The molecule has 3 nitrogen and oxygen atoms in total. The first-order valence-electron chi connectivity index (χ1n) is 2.02. The maximum absolute atomic E-state index is 10.1. The number of esters is 1. The first-order valence-corrected chi connectivity index (χ1v) is 2.02. The number of rotatable bonds is 3. The lowest BCUT2D eigenvalue weighted by Gasteiger charge is -1.95. The van der Waals surface area contributed by atoms with E-state index in [1.165, 1.54) is 7.11 Å². The van der Waals surface area contributed by atoms with Gasteiger partial charge < -0.3 is 9.47 Å². The van der Waals surface area contributed by atoms with Crippen molar-refractivity contribution in [2.75, 3.05) is 13.9 Å². The lowest BCUT2D eigenvalue weighted by Crippen LogP contribution is -2.02. The summed E-state index contributed by atoms with van der Waals surface area (Å²) in [7, 11) is 1.42. The number of carbonyl (C=O) groups excluding carboxylic acids is 1. The second-order valence-corrected chi connectivity index (χ2v) is 1.04. The van der Waals surface area contributed by atoms with Crippen LogP contribution in [0.2, 0.25) is 0 Å². The summed E-state index contributed by atoms with van der Waals surface area (Å²) in [4.78, 5) is 10.1. The lowest BCUT2D eigenvalue weighted by molar-refractivity contribution is -0.147. The van der Waals surface area contributed by atoms with Crippen molar-refractivity contribution in [1.82, 2.24) is 0 Å². The average molecular weight is 115 g/mol. The van der Waals surface area contributed by atoms with Gasteiger partial charge in [-0.2, -0.15) is 0 Å². The van der Waals surface area contributed by atoms with E-state index in [9.17, 15) is 4.79 Å². The largest absolute Gasteiger partial charge is 0.435 e. The van der Waals surface area contributed by atoms with Gasteiger partial charge in [-0.3, -0.25) is 0 Å². The number of ether oxygens (including phenoxy) is 2. The highest BCUT2D eigenvalue weighted by atomic mass is 16.7. The van der Waals surface area contributed by atoms with Gasteiger partial charge in [0, 0.05) is 13.2 Å². The molecule has 0 aliphatic carbocycles. The monoisotopic (exact) mass is 115 g/mol. The van der Waals surface area contributed by atoms with Crippen LogP contribution >= 0.6 is 0 Å². The fourth-order valence-corrected chi connectivity index (χ4v) is 0.165. The Morgan fingerprint density at radius 2 is 2.50 bits per heavy atom. The van der Waals surface area contributed by atoms with E-state index in [1.807, 2.05) is 0 Å². The summed E-state index contributed by atoms with van der Waals surface area (Å²) < 4.78 is 8.69. The molecule has 0 aromatic heterocycles. The smallest absolute Gasteiger partial charge is 0.332 e. The van der Waals surface area contributed by atoms with E-state index in [1.54, 1.807) is 0 Å². The molecular formula is C5H7O3. The van der Waals surface area contributed by atoms with Crippen LogP contribution in [0, 0.1) is 6.58 Å². The van der Waals surface area contributed by atoms with Crippen molar-refractivity contribution >= 4 is 5.97 Å². The molecule has 0 bridgehead atoms. The van der Waals surface area contributed by atoms with Crippen LogP contribution in [0.25, 0.3) is 0 Å². The molecule has 0 aromatic carbocycles. The van der Waals surface area contributed by atoms with Gasteiger partial charge in [-0.1, -0.05) is 6.58 Å². The summed E-state index contributed by atoms with van der Waals surface area (Å²) in [6.45, 7) is 4.71. The van der Waals surface area contributed by atoms with Crippen LogP contribution in [0.3, 0.4) is 0 Å². The van der Waals surface area contributed by atoms with Crippen molar-refractivity contribution < 1.29 is 14.3 Å². The number of methoxy groups -OCH3 is 1. The Kier molecular flexibility index (Phi) is 3.88. The minimum absolute atomic E-state index is 0.0491. The molecule has 0 saturated carbocycles. The van der Waals surface area contributed by atoms with Gasteiger partial charge in [0.2, 0.25) is 0 Å². The fraction of sp³-hybridized carbons (Fsp3) is 0.400. The molecule has 0 aliphatic rings. The zero-order valence-electron chi connectivity index (χ0n) is 4.59. The van der Waals surface area contributed by atoms with Gasteiger partial charge in [-0.15, -0.1) is 0 Å². The molecule has 0 unspecified atom stereocenters. The number of hydrogen-bond acceptors (Lipinski definition) is 3. The fourth-order valence-electron chi connectivity index (χ4n) is 0.165. The standard InChI is InChI=1S/C5H7O3/c1-3-5(6)8-4-7-2/h1,3H,4H2,2H3. The Morgan fingerprint density at radius 1 is 1.88 bits per heavy atom. The molecule has 0 aliphatic heterocycles.